The maximum absolute atomic E-state index is 12.0. The highest BCUT2D eigenvalue weighted by molar-refractivity contribution is 6.13. The first kappa shape index (κ1) is 15.3. The third kappa shape index (κ3) is 2.46. The lowest BCUT2D eigenvalue weighted by Crippen LogP contribution is -2.07. The Morgan fingerprint density at radius 3 is 2.38 bits per heavy atom. The highest BCUT2D eigenvalue weighted by Gasteiger charge is 2.23. The predicted molar refractivity (Wildman–Crippen MR) is 83.3 cm³/mol. The third-order valence-electron chi connectivity index (χ3n) is 3.99. The second-order valence-electron chi connectivity index (χ2n) is 5.48. The van der Waals surface area contributed by atoms with E-state index in [0.717, 1.165) is 36.0 Å². The molecule has 1 aromatic carbocycles. The lowest BCUT2D eigenvalue weighted by Gasteiger charge is -2.10. The number of carboxylic acids is 1. The average molecular weight is 287 g/mol. The predicted octanol–water partition coefficient (Wildman–Crippen LogP) is 3.96. The fourth-order valence-electron chi connectivity index (χ4n) is 2.98. The van der Waals surface area contributed by atoms with E-state index in [1.165, 1.54) is 6.92 Å². The molecule has 1 aromatic heterocycles. The number of benzene rings is 1. The molecule has 21 heavy (non-hydrogen) atoms. The quantitative estimate of drug-likeness (QED) is 0.847. The van der Waals surface area contributed by atoms with Crippen LogP contribution in [0.25, 0.3) is 10.9 Å². The summed E-state index contributed by atoms with van der Waals surface area (Å²) in [5, 5.41) is 10.3. The molecule has 2 aromatic rings. The number of hydrogen-bond donors (Lipinski definition) is 1. The molecular weight excluding hydrogens is 266 g/mol. The van der Waals surface area contributed by atoms with Crippen molar-refractivity contribution in [3.63, 3.8) is 0 Å². The number of carboxylic acid groups (broad SMARTS) is 1. The molecular formula is C17H21NO3. The monoisotopic (exact) mass is 287 g/mol. The summed E-state index contributed by atoms with van der Waals surface area (Å²) >= 11 is 0. The number of Topliss-reactive ketones (excluding diaryl/α,β-unsaturated/α-hetero) is 1. The van der Waals surface area contributed by atoms with Gasteiger partial charge in [0.25, 0.3) is 0 Å². The summed E-state index contributed by atoms with van der Waals surface area (Å²) in [6, 6.07) is 3.64. The van der Waals surface area contributed by atoms with Gasteiger partial charge in [0.15, 0.2) is 5.78 Å². The van der Waals surface area contributed by atoms with Crippen LogP contribution in [0.1, 0.15) is 58.7 Å². The molecule has 2 rings (SSSR count). The van der Waals surface area contributed by atoms with Gasteiger partial charge in [-0.15, -0.1) is 0 Å². The van der Waals surface area contributed by atoms with Gasteiger partial charge in [-0.3, -0.25) is 4.79 Å². The molecule has 0 saturated carbocycles. The highest BCUT2D eigenvalue weighted by Crippen LogP contribution is 2.31. The van der Waals surface area contributed by atoms with Gasteiger partial charge in [0.2, 0.25) is 0 Å². The number of rotatable bonds is 5. The van der Waals surface area contributed by atoms with Crippen LogP contribution < -0.4 is 0 Å². The Labute approximate surface area is 124 Å². The van der Waals surface area contributed by atoms with Gasteiger partial charge in [-0.25, -0.2) is 4.79 Å². The van der Waals surface area contributed by atoms with Crippen molar-refractivity contribution in [3.8, 4) is 0 Å². The first-order valence-corrected chi connectivity index (χ1v) is 7.26. The smallest absolute Gasteiger partial charge is 0.338 e. The fourth-order valence-corrected chi connectivity index (χ4v) is 2.98. The molecule has 0 fully saturated rings. The van der Waals surface area contributed by atoms with Crippen LogP contribution >= 0.6 is 0 Å². The van der Waals surface area contributed by atoms with Crippen molar-refractivity contribution >= 4 is 22.7 Å². The number of carbonyl (C=O) groups is 2. The van der Waals surface area contributed by atoms with E-state index in [9.17, 15) is 14.7 Å². The molecule has 0 aliphatic carbocycles. The van der Waals surface area contributed by atoms with E-state index in [1.54, 1.807) is 13.0 Å². The molecule has 112 valence electrons. The highest BCUT2D eigenvalue weighted by atomic mass is 16.4. The SMILES string of the molecule is CCCCn1c(C)c(C(C)=O)c2ccc(C)c(C(=O)O)c21. The Balaban J connectivity index is 2.91. The maximum atomic E-state index is 12.0. The summed E-state index contributed by atoms with van der Waals surface area (Å²) in [4.78, 5) is 23.6. The Bertz CT molecular complexity index is 725. The topological polar surface area (TPSA) is 59.3 Å². The van der Waals surface area contributed by atoms with Crippen molar-refractivity contribution in [2.45, 2.75) is 47.1 Å². The largest absolute Gasteiger partial charge is 0.478 e. The van der Waals surface area contributed by atoms with Gasteiger partial charge < -0.3 is 9.67 Å². The zero-order valence-electron chi connectivity index (χ0n) is 13.0. The van der Waals surface area contributed by atoms with Crippen LogP contribution in [-0.2, 0) is 6.54 Å². The molecule has 0 saturated heterocycles. The third-order valence-corrected chi connectivity index (χ3v) is 3.99. The Hall–Kier alpha value is -2.10. The zero-order chi connectivity index (χ0) is 15.7. The van der Waals surface area contributed by atoms with Gasteiger partial charge >= 0.3 is 5.97 Å². The van der Waals surface area contributed by atoms with Crippen molar-refractivity contribution < 1.29 is 14.7 Å². The average Bonchev–Trinajstić information content (AvgIpc) is 2.68. The van der Waals surface area contributed by atoms with E-state index < -0.39 is 5.97 Å². The van der Waals surface area contributed by atoms with Crippen molar-refractivity contribution in [1.82, 2.24) is 4.57 Å². The standard InChI is InChI=1S/C17H21NO3/c1-5-6-9-18-11(3)15(12(4)19)13-8-7-10(2)14(16(13)18)17(20)21/h7-8H,5-6,9H2,1-4H3,(H,20,21). The molecule has 0 bridgehead atoms. The summed E-state index contributed by atoms with van der Waals surface area (Å²) in [7, 11) is 0. The van der Waals surface area contributed by atoms with E-state index in [0.29, 0.717) is 16.6 Å². The first-order valence-electron chi connectivity index (χ1n) is 7.26. The van der Waals surface area contributed by atoms with Gasteiger partial charge in [0.1, 0.15) is 0 Å². The summed E-state index contributed by atoms with van der Waals surface area (Å²) in [6.45, 7) is 8.05. The van der Waals surface area contributed by atoms with Crippen LogP contribution in [0.2, 0.25) is 0 Å². The molecule has 0 radical (unpaired) electrons. The van der Waals surface area contributed by atoms with Crippen LogP contribution in [0.5, 0.6) is 0 Å². The first-order chi connectivity index (χ1) is 9.90. The molecule has 1 heterocycles. The van der Waals surface area contributed by atoms with Crippen LogP contribution in [-0.4, -0.2) is 21.4 Å². The summed E-state index contributed by atoms with van der Waals surface area (Å²) in [5.74, 6) is -0.962. The minimum absolute atomic E-state index is 0.0204. The van der Waals surface area contributed by atoms with Crippen molar-refractivity contribution in [1.29, 1.82) is 0 Å². The van der Waals surface area contributed by atoms with E-state index >= 15 is 0 Å². The van der Waals surface area contributed by atoms with E-state index in [1.807, 2.05) is 17.6 Å². The Morgan fingerprint density at radius 1 is 1.19 bits per heavy atom. The number of unbranched alkanes of at least 4 members (excludes halogenated alkanes) is 1. The number of ketones is 1. The molecule has 0 atom stereocenters. The second kappa shape index (κ2) is 5.72. The van der Waals surface area contributed by atoms with Gasteiger partial charge in [-0.2, -0.15) is 0 Å². The van der Waals surface area contributed by atoms with Crippen molar-refractivity contribution in [2.24, 2.45) is 0 Å². The number of fused-ring (bicyclic) bond motifs is 1. The molecule has 0 aliphatic heterocycles. The minimum Gasteiger partial charge on any atom is -0.478 e. The molecule has 0 spiro atoms. The lowest BCUT2D eigenvalue weighted by molar-refractivity contribution is 0.0697. The van der Waals surface area contributed by atoms with Crippen LogP contribution in [0.3, 0.4) is 0 Å². The van der Waals surface area contributed by atoms with Crippen LogP contribution in [0.4, 0.5) is 0 Å². The van der Waals surface area contributed by atoms with Gasteiger partial charge in [-0.1, -0.05) is 25.5 Å². The molecule has 1 N–H and O–H groups in total. The minimum atomic E-state index is -0.941. The number of aryl methyl sites for hydroxylation is 2. The van der Waals surface area contributed by atoms with Crippen molar-refractivity contribution in [2.75, 3.05) is 0 Å². The number of nitrogens with zero attached hydrogens (tertiary/aromatic N) is 1. The zero-order valence-corrected chi connectivity index (χ0v) is 13.0. The number of hydrogen-bond acceptors (Lipinski definition) is 2. The maximum Gasteiger partial charge on any atom is 0.338 e. The van der Waals surface area contributed by atoms with Crippen LogP contribution in [0.15, 0.2) is 12.1 Å². The molecule has 0 amide bonds. The summed E-state index contributed by atoms with van der Waals surface area (Å²) in [5.41, 5.74) is 3.21. The second-order valence-corrected chi connectivity index (χ2v) is 5.48. The fraction of sp³-hybridized carbons (Fsp3) is 0.412. The summed E-state index contributed by atoms with van der Waals surface area (Å²) in [6.07, 6.45) is 1.97. The van der Waals surface area contributed by atoms with Gasteiger partial charge in [0, 0.05) is 23.2 Å². The molecule has 0 aliphatic rings. The lowest BCUT2D eigenvalue weighted by atomic mass is 10.0. The van der Waals surface area contributed by atoms with E-state index in [-0.39, 0.29) is 5.78 Å². The Kier molecular flexibility index (Phi) is 4.16. The van der Waals surface area contributed by atoms with E-state index in [2.05, 4.69) is 6.92 Å². The van der Waals surface area contributed by atoms with Crippen molar-refractivity contribution in [3.05, 3.63) is 34.5 Å². The summed E-state index contributed by atoms with van der Waals surface area (Å²) < 4.78 is 1.99. The normalized spacial score (nSPS) is 11.0. The van der Waals surface area contributed by atoms with Gasteiger partial charge in [-0.05, 0) is 32.8 Å². The number of carbonyl (C=O) groups excluding carboxylic acids is 1. The van der Waals surface area contributed by atoms with E-state index in [4.69, 9.17) is 0 Å². The number of aromatic nitrogens is 1. The number of aromatic carboxylic acids is 1. The molecule has 0 unspecified atom stereocenters. The molecule has 4 nitrogen and oxygen atoms in total. The van der Waals surface area contributed by atoms with Crippen LogP contribution in [0, 0.1) is 13.8 Å². The molecule has 4 heteroatoms. The Morgan fingerprint density at radius 2 is 1.86 bits per heavy atom. The van der Waals surface area contributed by atoms with Gasteiger partial charge in [0.05, 0.1) is 11.1 Å².